The molecule has 0 aliphatic carbocycles. The molecule has 2 amide bonds. The number of nitrogens with one attached hydrogen (secondary N) is 1. The number of carbonyl (C=O) groups is 3. The van der Waals surface area contributed by atoms with Gasteiger partial charge in [-0.15, -0.1) is 0 Å². The summed E-state index contributed by atoms with van der Waals surface area (Å²) in [6.07, 6.45) is 6.03. The van der Waals surface area contributed by atoms with Crippen LogP contribution in [-0.4, -0.2) is 38.8 Å². The summed E-state index contributed by atoms with van der Waals surface area (Å²) >= 11 is 0. The number of halogens is 1. The summed E-state index contributed by atoms with van der Waals surface area (Å²) < 4.78 is 14.8. The first-order valence-electron chi connectivity index (χ1n) is 11.4. The number of carbonyl (C=O) groups excluding carboxylic acids is 3. The van der Waals surface area contributed by atoms with Crippen LogP contribution in [0.4, 0.5) is 10.1 Å². The number of amides is 2. The molecule has 0 bridgehead atoms. The molecule has 2 heterocycles. The van der Waals surface area contributed by atoms with Gasteiger partial charge in [0.15, 0.2) is 5.78 Å². The number of ketones is 1. The summed E-state index contributed by atoms with van der Waals surface area (Å²) in [7, 11) is 0. The summed E-state index contributed by atoms with van der Waals surface area (Å²) in [6, 6.07) is 15.1. The quantitative estimate of drug-likeness (QED) is 0.504. The van der Waals surface area contributed by atoms with Crippen LogP contribution in [0.25, 0.3) is 0 Å². The minimum absolute atomic E-state index is 0.0417. The molecule has 34 heavy (non-hydrogen) atoms. The van der Waals surface area contributed by atoms with Gasteiger partial charge in [0.25, 0.3) is 0 Å². The van der Waals surface area contributed by atoms with E-state index in [2.05, 4.69) is 10.4 Å². The number of hydrogen-bond donors (Lipinski definition) is 1. The van der Waals surface area contributed by atoms with E-state index < -0.39 is 0 Å². The van der Waals surface area contributed by atoms with Gasteiger partial charge in [-0.2, -0.15) is 5.10 Å². The first-order chi connectivity index (χ1) is 16.5. The highest BCUT2D eigenvalue weighted by molar-refractivity contribution is 5.99. The van der Waals surface area contributed by atoms with Crippen molar-refractivity contribution in [2.24, 2.45) is 0 Å². The van der Waals surface area contributed by atoms with E-state index in [4.69, 9.17) is 0 Å². The van der Waals surface area contributed by atoms with Gasteiger partial charge in [-0.25, -0.2) is 4.39 Å². The molecule has 2 aromatic carbocycles. The van der Waals surface area contributed by atoms with Crippen LogP contribution in [0.2, 0.25) is 0 Å². The smallest absolute Gasteiger partial charge is 0.244 e. The summed E-state index contributed by atoms with van der Waals surface area (Å²) in [5.74, 6) is -0.756. The molecule has 0 unspecified atom stereocenters. The van der Waals surface area contributed by atoms with Crippen LogP contribution in [-0.2, 0) is 16.1 Å². The lowest BCUT2D eigenvalue weighted by Gasteiger charge is -2.36. The van der Waals surface area contributed by atoms with E-state index in [-0.39, 0.29) is 48.8 Å². The predicted octanol–water partition coefficient (Wildman–Crippen LogP) is 4.38. The number of nitrogens with zero attached hydrogens (tertiary/aromatic N) is 3. The van der Waals surface area contributed by atoms with Crippen molar-refractivity contribution in [2.75, 3.05) is 11.9 Å². The third-order valence-electron chi connectivity index (χ3n) is 5.97. The van der Waals surface area contributed by atoms with Crippen molar-refractivity contribution in [3.63, 3.8) is 0 Å². The molecule has 1 aliphatic rings. The summed E-state index contributed by atoms with van der Waals surface area (Å²) in [5.41, 5.74) is 1.98. The van der Waals surface area contributed by atoms with Crippen LogP contribution in [0.3, 0.4) is 0 Å². The first kappa shape index (κ1) is 23.4. The minimum atomic E-state index is -0.298. The van der Waals surface area contributed by atoms with Crippen LogP contribution in [0, 0.1) is 5.82 Å². The zero-order chi connectivity index (χ0) is 23.9. The molecule has 1 saturated heterocycles. The molecule has 1 aromatic heterocycles. The highest BCUT2D eigenvalue weighted by Crippen LogP contribution is 2.31. The van der Waals surface area contributed by atoms with Crippen molar-refractivity contribution >= 4 is 23.3 Å². The monoisotopic (exact) mass is 462 g/mol. The Morgan fingerprint density at radius 2 is 1.76 bits per heavy atom. The van der Waals surface area contributed by atoms with Gasteiger partial charge in [0.1, 0.15) is 12.4 Å². The number of likely N-dealkylation sites (tertiary alicyclic amines) is 1. The lowest BCUT2D eigenvalue weighted by atomic mass is 9.95. The van der Waals surface area contributed by atoms with Crippen LogP contribution >= 0.6 is 0 Å². The summed E-state index contributed by atoms with van der Waals surface area (Å²) in [5, 5.41) is 6.92. The molecule has 0 radical (unpaired) electrons. The Morgan fingerprint density at radius 1 is 1.00 bits per heavy atom. The predicted molar refractivity (Wildman–Crippen MR) is 126 cm³/mol. The fourth-order valence-electron chi connectivity index (χ4n) is 4.22. The van der Waals surface area contributed by atoms with Crippen LogP contribution in [0.1, 0.15) is 54.1 Å². The maximum atomic E-state index is 13.3. The van der Waals surface area contributed by atoms with Crippen LogP contribution < -0.4 is 5.32 Å². The second kappa shape index (κ2) is 10.9. The maximum Gasteiger partial charge on any atom is 0.244 e. The maximum absolute atomic E-state index is 13.3. The van der Waals surface area contributed by atoms with Crippen LogP contribution in [0.15, 0.2) is 67.0 Å². The highest BCUT2D eigenvalue weighted by Gasteiger charge is 2.28. The number of Topliss-reactive ketones (excluding diaryl/α,β-unsaturated/α-hetero) is 1. The second-order valence-electron chi connectivity index (χ2n) is 8.41. The Labute approximate surface area is 197 Å². The van der Waals surface area contributed by atoms with E-state index in [0.29, 0.717) is 17.8 Å². The number of benzene rings is 2. The average Bonchev–Trinajstić information content (AvgIpc) is 3.30. The number of aromatic nitrogens is 2. The molecule has 1 aliphatic heterocycles. The molecule has 0 spiro atoms. The minimum Gasteiger partial charge on any atom is -0.334 e. The molecule has 1 fully saturated rings. The number of rotatable bonds is 8. The van der Waals surface area contributed by atoms with Crippen molar-refractivity contribution in [1.82, 2.24) is 14.7 Å². The number of hydrogen-bond acceptors (Lipinski definition) is 4. The van der Waals surface area contributed by atoms with Gasteiger partial charge >= 0.3 is 0 Å². The normalized spacial score (nSPS) is 15.7. The third-order valence-corrected chi connectivity index (χ3v) is 5.97. The zero-order valence-corrected chi connectivity index (χ0v) is 18.8. The van der Waals surface area contributed by atoms with Gasteiger partial charge in [-0.1, -0.05) is 42.5 Å². The molecular formula is C26H27FN4O3. The fraction of sp³-hybridized carbons (Fsp3) is 0.308. The van der Waals surface area contributed by atoms with E-state index in [1.807, 2.05) is 11.0 Å². The lowest BCUT2D eigenvalue weighted by Crippen LogP contribution is -2.40. The first-order valence-corrected chi connectivity index (χ1v) is 11.4. The molecule has 4 rings (SSSR count). The van der Waals surface area contributed by atoms with Gasteiger partial charge < -0.3 is 10.2 Å². The number of piperidine rings is 1. The standard InChI is InChI=1S/C26H27FN4O3/c27-21-11-9-19(10-12-21)23-8-4-5-15-31(23)26(34)18-30-17-22(16-28-30)29-25(33)14-13-24(32)20-6-2-1-3-7-20/h1-3,6-7,9-12,16-17,23H,4-5,8,13-15,18H2,(H,29,33)/t23-/m0/s1. The Kier molecular flexibility index (Phi) is 7.47. The van der Waals surface area contributed by atoms with E-state index in [1.54, 1.807) is 42.6 Å². The Morgan fingerprint density at radius 3 is 2.53 bits per heavy atom. The molecule has 7 nitrogen and oxygen atoms in total. The van der Waals surface area contributed by atoms with Crippen molar-refractivity contribution in [2.45, 2.75) is 44.7 Å². The Balaban J connectivity index is 1.31. The summed E-state index contributed by atoms with van der Waals surface area (Å²) in [4.78, 5) is 39.3. The summed E-state index contributed by atoms with van der Waals surface area (Å²) in [6.45, 7) is 0.682. The SMILES string of the molecule is O=C(CCC(=O)c1ccccc1)Nc1cnn(CC(=O)N2CCCC[C@H]2c2ccc(F)cc2)c1. The van der Waals surface area contributed by atoms with Gasteiger partial charge in [0.05, 0.1) is 17.9 Å². The highest BCUT2D eigenvalue weighted by atomic mass is 19.1. The lowest BCUT2D eigenvalue weighted by molar-refractivity contribution is -0.136. The largest absolute Gasteiger partial charge is 0.334 e. The van der Waals surface area contributed by atoms with E-state index >= 15 is 0 Å². The fourth-order valence-corrected chi connectivity index (χ4v) is 4.22. The van der Waals surface area contributed by atoms with Gasteiger partial charge in [0.2, 0.25) is 11.8 Å². The van der Waals surface area contributed by atoms with Crippen molar-refractivity contribution in [3.05, 3.63) is 83.9 Å². The van der Waals surface area contributed by atoms with Crippen LogP contribution in [0.5, 0.6) is 0 Å². The Hall–Kier alpha value is -3.81. The van der Waals surface area contributed by atoms with E-state index in [1.165, 1.54) is 23.0 Å². The third kappa shape index (κ3) is 5.95. The average molecular weight is 463 g/mol. The van der Waals surface area contributed by atoms with E-state index in [0.717, 1.165) is 24.8 Å². The van der Waals surface area contributed by atoms with Gasteiger partial charge in [-0.05, 0) is 37.0 Å². The second-order valence-corrected chi connectivity index (χ2v) is 8.41. The molecule has 1 atom stereocenters. The van der Waals surface area contributed by atoms with Gasteiger partial charge in [-0.3, -0.25) is 19.1 Å². The molecule has 0 saturated carbocycles. The number of anilines is 1. The topological polar surface area (TPSA) is 84.3 Å². The molecule has 8 heteroatoms. The molecule has 1 N–H and O–H groups in total. The Bertz CT molecular complexity index is 1140. The zero-order valence-electron chi connectivity index (χ0n) is 18.8. The molecular weight excluding hydrogens is 435 g/mol. The van der Waals surface area contributed by atoms with Crippen molar-refractivity contribution < 1.29 is 18.8 Å². The van der Waals surface area contributed by atoms with Crippen molar-refractivity contribution in [3.8, 4) is 0 Å². The molecule has 3 aromatic rings. The van der Waals surface area contributed by atoms with Gasteiger partial charge in [0, 0.05) is 31.1 Å². The molecule has 176 valence electrons. The van der Waals surface area contributed by atoms with Crippen molar-refractivity contribution in [1.29, 1.82) is 0 Å². The van der Waals surface area contributed by atoms with E-state index in [9.17, 15) is 18.8 Å².